The second kappa shape index (κ2) is 6.48. The van der Waals surface area contributed by atoms with Crippen LogP contribution in [0, 0.1) is 0 Å². The van der Waals surface area contributed by atoms with E-state index >= 15 is 0 Å². The second-order valence-corrected chi connectivity index (χ2v) is 3.77. The molecule has 16 heavy (non-hydrogen) atoms. The Morgan fingerprint density at radius 3 is 2.69 bits per heavy atom. The van der Waals surface area contributed by atoms with Gasteiger partial charge in [-0.2, -0.15) is 0 Å². The molecular weight excluding hydrogens is 274 g/mol. The number of hydrogen-bond acceptors (Lipinski definition) is 4. The van der Waals surface area contributed by atoms with Gasteiger partial charge in [0.2, 0.25) is 0 Å². The van der Waals surface area contributed by atoms with Crippen LogP contribution in [0.5, 0.6) is 0 Å². The molecule has 0 spiro atoms. The van der Waals surface area contributed by atoms with E-state index in [9.17, 15) is 4.79 Å². The Morgan fingerprint density at radius 1 is 1.38 bits per heavy atom. The highest BCUT2D eigenvalue weighted by Crippen LogP contribution is 2.18. The van der Waals surface area contributed by atoms with Gasteiger partial charge in [-0.15, -0.1) is 0 Å². The number of carbonyl (C=O) groups is 1. The van der Waals surface area contributed by atoms with Crippen molar-refractivity contribution in [3.8, 4) is 0 Å². The molecule has 0 fully saturated rings. The summed E-state index contributed by atoms with van der Waals surface area (Å²) in [4.78, 5) is 19.4. The summed E-state index contributed by atoms with van der Waals surface area (Å²) in [7, 11) is 0. The van der Waals surface area contributed by atoms with Crippen molar-refractivity contribution >= 4 is 47.0 Å². The molecule has 7 heteroatoms. The molecule has 0 aliphatic heterocycles. The van der Waals surface area contributed by atoms with Crippen LogP contribution in [-0.4, -0.2) is 17.2 Å². The standard InChI is InChI=1S/C9H5Cl3N2O2/c10-7(8(11)12)9(15)16-14-5-6-3-1-2-4-13-6/h1-5H. The van der Waals surface area contributed by atoms with Gasteiger partial charge < -0.3 is 4.84 Å². The minimum Gasteiger partial charge on any atom is -0.312 e. The lowest BCUT2D eigenvalue weighted by molar-refractivity contribution is -0.138. The molecule has 1 aromatic heterocycles. The van der Waals surface area contributed by atoms with Crippen molar-refractivity contribution in [3.05, 3.63) is 39.6 Å². The molecule has 0 bridgehead atoms. The molecule has 0 amide bonds. The fourth-order valence-corrected chi connectivity index (χ4v) is 0.887. The van der Waals surface area contributed by atoms with Gasteiger partial charge in [-0.05, 0) is 12.1 Å². The van der Waals surface area contributed by atoms with Crippen molar-refractivity contribution in [2.24, 2.45) is 5.16 Å². The minimum atomic E-state index is -0.936. The first-order chi connectivity index (χ1) is 7.61. The maximum atomic E-state index is 11.1. The predicted octanol–water partition coefficient (Wildman–Crippen LogP) is 2.84. The van der Waals surface area contributed by atoms with E-state index in [1.807, 2.05) is 0 Å². The Hall–Kier alpha value is -1.10. The molecule has 0 saturated carbocycles. The fraction of sp³-hybridized carbons (Fsp3) is 0. The van der Waals surface area contributed by atoms with Gasteiger partial charge in [-0.1, -0.05) is 46.0 Å². The molecule has 0 N–H and O–H groups in total. The maximum Gasteiger partial charge on any atom is 0.379 e. The number of halogens is 3. The number of nitrogens with zero attached hydrogens (tertiary/aromatic N) is 2. The van der Waals surface area contributed by atoms with Crippen LogP contribution >= 0.6 is 34.8 Å². The highest BCUT2D eigenvalue weighted by atomic mass is 35.5. The van der Waals surface area contributed by atoms with Gasteiger partial charge in [0.05, 0.1) is 11.9 Å². The van der Waals surface area contributed by atoms with Gasteiger partial charge in [0.1, 0.15) is 4.49 Å². The number of rotatable bonds is 3. The zero-order chi connectivity index (χ0) is 12.0. The lowest BCUT2D eigenvalue weighted by Gasteiger charge is -1.95. The lowest BCUT2D eigenvalue weighted by atomic mass is 10.4. The third-order valence-corrected chi connectivity index (χ3v) is 2.27. The van der Waals surface area contributed by atoms with Gasteiger partial charge >= 0.3 is 5.97 Å². The SMILES string of the molecule is O=C(ON=Cc1ccccn1)C(Cl)=C(Cl)Cl. The molecule has 1 aromatic rings. The number of carbonyl (C=O) groups excluding carboxylic acids is 1. The van der Waals surface area contributed by atoms with Gasteiger partial charge in [-0.25, -0.2) is 4.79 Å². The molecule has 0 radical (unpaired) electrons. The third-order valence-electron chi connectivity index (χ3n) is 1.35. The molecule has 0 saturated heterocycles. The monoisotopic (exact) mass is 278 g/mol. The van der Waals surface area contributed by atoms with E-state index in [0.29, 0.717) is 5.69 Å². The van der Waals surface area contributed by atoms with Crippen molar-refractivity contribution in [1.82, 2.24) is 4.98 Å². The first-order valence-electron chi connectivity index (χ1n) is 3.98. The van der Waals surface area contributed by atoms with Crippen molar-refractivity contribution in [2.75, 3.05) is 0 Å². The van der Waals surface area contributed by atoms with Crippen LogP contribution in [0.25, 0.3) is 0 Å². The molecule has 0 aromatic carbocycles. The van der Waals surface area contributed by atoms with Crippen molar-refractivity contribution in [3.63, 3.8) is 0 Å². The van der Waals surface area contributed by atoms with E-state index in [2.05, 4.69) is 15.0 Å². The number of pyridine rings is 1. The largest absolute Gasteiger partial charge is 0.379 e. The van der Waals surface area contributed by atoms with Gasteiger partial charge in [0.25, 0.3) is 0 Å². The summed E-state index contributed by atoms with van der Waals surface area (Å²) in [6.45, 7) is 0. The summed E-state index contributed by atoms with van der Waals surface area (Å²) in [5.74, 6) is -0.936. The normalized spacial score (nSPS) is 10.2. The van der Waals surface area contributed by atoms with Crippen LogP contribution in [-0.2, 0) is 9.63 Å². The van der Waals surface area contributed by atoms with Crippen LogP contribution in [0.2, 0.25) is 0 Å². The summed E-state index contributed by atoms with van der Waals surface area (Å²) in [5, 5.41) is 2.94. The summed E-state index contributed by atoms with van der Waals surface area (Å²) in [5.41, 5.74) is 0.535. The van der Waals surface area contributed by atoms with Crippen LogP contribution in [0.4, 0.5) is 0 Å². The summed E-state index contributed by atoms with van der Waals surface area (Å²) in [6, 6.07) is 5.19. The first-order valence-corrected chi connectivity index (χ1v) is 5.11. The number of oxime groups is 1. The number of hydrogen-bond donors (Lipinski definition) is 0. The van der Waals surface area contributed by atoms with E-state index in [4.69, 9.17) is 34.8 Å². The fourth-order valence-electron chi connectivity index (χ4n) is 0.698. The smallest absolute Gasteiger partial charge is 0.312 e. The van der Waals surface area contributed by atoms with Gasteiger partial charge in [0, 0.05) is 6.20 Å². The highest BCUT2D eigenvalue weighted by Gasteiger charge is 2.11. The Labute approximate surface area is 106 Å². The van der Waals surface area contributed by atoms with E-state index in [1.165, 1.54) is 6.21 Å². The molecule has 4 nitrogen and oxygen atoms in total. The lowest BCUT2D eigenvalue weighted by Crippen LogP contribution is -2.00. The molecule has 1 rings (SSSR count). The molecule has 1 heterocycles. The van der Waals surface area contributed by atoms with E-state index in [1.54, 1.807) is 24.4 Å². The molecule has 0 aliphatic carbocycles. The quantitative estimate of drug-likeness (QED) is 0.370. The van der Waals surface area contributed by atoms with Crippen LogP contribution in [0.3, 0.4) is 0 Å². The van der Waals surface area contributed by atoms with E-state index in [-0.39, 0.29) is 4.49 Å². The summed E-state index contributed by atoms with van der Waals surface area (Å²) < 4.78 is -0.375. The predicted molar refractivity (Wildman–Crippen MR) is 62.5 cm³/mol. The van der Waals surface area contributed by atoms with Crippen molar-refractivity contribution in [2.45, 2.75) is 0 Å². The van der Waals surface area contributed by atoms with Crippen LogP contribution in [0.1, 0.15) is 5.69 Å². The molecule has 0 unspecified atom stereocenters. The molecule has 0 aliphatic rings. The zero-order valence-electron chi connectivity index (χ0n) is 7.73. The maximum absolute atomic E-state index is 11.1. The Bertz CT molecular complexity index is 428. The Kier molecular flexibility index (Phi) is 5.25. The average molecular weight is 280 g/mol. The van der Waals surface area contributed by atoms with E-state index < -0.39 is 11.0 Å². The first kappa shape index (κ1) is 13.0. The molecular formula is C9H5Cl3N2O2. The van der Waals surface area contributed by atoms with Crippen molar-refractivity contribution < 1.29 is 9.63 Å². The van der Waals surface area contributed by atoms with Crippen molar-refractivity contribution in [1.29, 1.82) is 0 Å². The molecule has 0 atom stereocenters. The van der Waals surface area contributed by atoms with Gasteiger partial charge in [-0.3, -0.25) is 4.98 Å². The van der Waals surface area contributed by atoms with Crippen LogP contribution in [0.15, 0.2) is 39.1 Å². The summed E-state index contributed by atoms with van der Waals surface area (Å²) in [6.07, 6.45) is 2.83. The highest BCUT2D eigenvalue weighted by molar-refractivity contribution is 6.62. The Balaban J connectivity index is 2.56. The van der Waals surface area contributed by atoms with Crippen LogP contribution < -0.4 is 0 Å². The summed E-state index contributed by atoms with van der Waals surface area (Å²) >= 11 is 15.9. The number of aromatic nitrogens is 1. The second-order valence-electron chi connectivity index (χ2n) is 2.44. The Morgan fingerprint density at radius 2 is 2.12 bits per heavy atom. The minimum absolute atomic E-state index is 0.375. The van der Waals surface area contributed by atoms with E-state index in [0.717, 1.165) is 0 Å². The van der Waals surface area contributed by atoms with Gasteiger partial charge in [0.15, 0.2) is 5.03 Å². The average Bonchev–Trinajstić information content (AvgIpc) is 2.29. The third kappa shape index (κ3) is 4.18. The molecule has 84 valence electrons. The topological polar surface area (TPSA) is 51.5 Å². The zero-order valence-corrected chi connectivity index (χ0v) is 10.00.